The third-order valence-corrected chi connectivity index (χ3v) is 9.24. The molecule has 0 fully saturated rings. The lowest BCUT2D eigenvalue weighted by Gasteiger charge is -2.10. The lowest BCUT2D eigenvalue weighted by molar-refractivity contribution is 0.551. The molecule has 4 N–H and O–H groups in total. The molecule has 234 valence electrons. The van der Waals surface area contributed by atoms with Gasteiger partial charge in [-0.2, -0.15) is 0 Å². The minimum absolute atomic E-state index is 0.863. The predicted molar refractivity (Wildman–Crippen MR) is 193 cm³/mol. The van der Waals surface area contributed by atoms with Gasteiger partial charge in [0, 0.05) is 11.4 Å². The molecular weight excluding hydrogens is 532 g/mol. The average Bonchev–Trinajstić information content (AvgIpc) is 3.04. The van der Waals surface area contributed by atoms with E-state index in [1.807, 2.05) is 12.1 Å². The van der Waals surface area contributed by atoms with E-state index in [0.29, 0.717) is 0 Å². The minimum atomic E-state index is 0.863. The minimum Gasteiger partial charge on any atom is -0.399 e. The zero-order chi connectivity index (χ0) is 31.0. The summed E-state index contributed by atoms with van der Waals surface area (Å²) in [5.74, 6) is 0. The molecule has 0 radical (unpaired) electrons. The van der Waals surface area contributed by atoms with Crippen molar-refractivity contribution >= 4 is 11.4 Å². The van der Waals surface area contributed by atoms with Gasteiger partial charge in [0.15, 0.2) is 0 Å². The number of unbranched alkanes of at least 4 members (excludes halogenated alkanes) is 9. The number of aryl methyl sites for hydroxylation is 4. The molecule has 0 aliphatic heterocycles. The standard InChI is InChI=1S/C42H56N2/c1-3-37-31-41(43)27-25-39(37)29-35-21-17-33(18-22-35)15-13-11-9-7-5-6-8-10-12-14-16-34-19-23-36(24-20-34)30-40-26-28-42(44)32-38(40)4-2/h17-28,31-32H,3-16,29-30,43-44H2,1-2H3. The highest BCUT2D eigenvalue weighted by Gasteiger charge is 2.05. The summed E-state index contributed by atoms with van der Waals surface area (Å²) in [7, 11) is 0. The topological polar surface area (TPSA) is 52.0 Å². The highest BCUT2D eigenvalue weighted by molar-refractivity contribution is 5.47. The fraction of sp³-hybridized carbons (Fsp3) is 0.429. The first kappa shape index (κ1) is 33.4. The summed E-state index contributed by atoms with van der Waals surface area (Å²) in [5.41, 5.74) is 24.9. The van der Waals surface area contributed by atoms with Crippen molar-refractivity contribution in [3.05, 3.63) is 129 Å². The van der Waals surface area contributed by atoms with Crippen molar-refractivity contribution in [2.24, 2.45) is 0 Å². The average molecular weight is 589 g/mol. The molecule has 4 aromatic carbocycles. The van der Waals surface area contributed by atoms with Crippen molar-refractivity contribution in [2.75, 3.05) is 11.5 Å². The molecule has 4 rings (SSSR count). The Balaban J connectivity index is 0.993. The molecular formula is C42H56N2. The Labute approximate surface area is 268 Å². The maximum atomic E-state index is 5.97. The van der Waals surface area contributed by atoms with Crippen molar-refractivity contribution < 1.29 is 0 Å². The molecule has 0 unspecified atom stereocenters. The second-order valence-electron chi connectivity index (χ2n) is 12.8. The Morgan fingerprint density at radius 2 is 0.682 bits per heavy atom. The van der Waals surface area contributed by atoms with Gasteiger partial charge in [-0.1, -0.05) is 126 Å². The monoisotopic (exact) mass is 588 g/mol. The van der Waals surface area contributed by atoms with E-state index >= 15 is 0 Å². The molecule has 0 saturated carbocycles. The normalized spacial score (nSPS) is 11.2. The summed E-state index contributed by atoms with van der Waals surface area (Å²) >= 11 is 0. The molecule has 2 nitrogen and oxygen atoms in total. The first-order valence-electron chi connectivity index (χ1n) is 17.4. The van der Waals surface area contributed by atoms with E-state index in [0.717, 1.165) is 37.1 Å². The Morgan fingerprint density at radius 3 is 1.02 bits per heavy atom. The lowest BCUT2D eigenvalue weighted by Crippen LogP contribution is -1.97. The van der Waals surface area contributed by atoms with Gasteiger partial charge in [-0.3, -0.25) is 0 Å². The van der Waals surface area contributed by atoms with Gasteiger partial charge in [-0.25, -0.2) is 0 Å². The van der Waals surface area contributed by atoms with Crippen LogP contribution in [-0.2, 0) is 38.5 Å². The molecule has 44 heavy (non-hydrogen) atoms. The predicted octanol–water partition coefficient (Wildman–Crippen LogP) is 10.8. The molecule has 0 atom stereocenters. The fourth-order valence-corrected chi connectivity index (χ4v) is 6.45. The molecule has 0 spiro atoms. The molecule has 0 aliphatic rings. The highest BCUT2D eigenvalue weighted by Crippen LogP contribution is 2.21. The van der Waals surface area contributed by atoms with Crippen LogP contribution in [0.1, 0.15) is 123 Å². The van der Waals surface area contributed by atoms with Crippen LogP contribution in [0.5, 0.6) is 0 Å². The van der Waals surface area contributed by atoms with Crippen LogP contribution < -0.4 is 11.5 Å². The largest absolute Gasteiger partial charge is 0.399 e. The summed E-state index contributed by atoms with van der Waals surface area (Å²) in [6.45, 7) is 4.41. The van der Waals surface area contributed by atoms with Gasteiger partial charge in [0.2, 0.25) is 0 Å². The second-order valence-corrected chi connectivity index (χ2v) is 12.8. The summed E-state index contributed by atoms with van der Waals surface area (Å²) < 4.78 is 0. The van der Waals surface area contributed by atoms with E-state index in [-0.39, 0.29) is 0 Å². The van der Waals surface area contributed by atoms with E-state index < -0.39 is 0 Å². The summed E-state index contributed by atoms with van der Waals surface area (Å²) in [6, 6.07) is 31.3. The second kappa shape index (κ2) is 18.3. The van der Waals surface area contributed by atoms with E-state index in [4.69, 9.17) is 11.5 Å². The van der Waals surface area contributed by atoms with Crippen LogP contribution in [0, 0.1) is 0 Å². The SMILES string of the molecule is CCc1cc(N)ccc1Cc1ccc(CCCCCCCCCCCCc2ccc(Cc3ccc(N)cc3CC)cc2)cc1. The quantitative estimate of drug-likeness (QED) is 0.0845. The smallest absolute Gasteiger partial charge is 0.0316 e. The van der Waals surface area contributed by atoms with E-state index in [9.17, 15) is 0 Å². The van der Waals surface area contributed by atoms with Gasteiger partial charge in [-0.15, -0.1) is 0 Å². The molecule has 0 aromatic heterocycles. The van der Waals surface area contributed by atoms with Crippen molar-refractivity contribution in [3.63, 3.8) is 0 Å². The van der Waals surface area contributed by atoms with Crippen molar-refractivity contribution in [1.82, 2.24) is 0 Å². The van der Waals surface area contributed by atoms with Crippen LogP contribution in [0.4, 0.5) is 11.4 Å². The zero-order valence-electron chi connectivity index (χ0n) is 27.6. The first-order valence-corrected chi connectivity index (χ1v) is 17.4. The van der Waals surface area contributed by atoms with Crippen molar-refractivity contribution in [1.29, 1.82) is 0 Å². The molecule has 0 aliphatic carbocycles. The molecule has 0 saturated heterocycles. The molecule has 0 bridgehead atoms. The van der Waals surface area contributed by atoms with Crippen LogP contribution in [0.2, 0.25) is 0 Å². The Morgan fingerprint density at radius 1 is 0.364 bits per heavy atom. The summed E-state index contributed by atoms with van der Waals surface area (Å²) in [6.07, 6.45) is 20.1. The summed E-state index contributed by atoms with van der Waals surface area (Å²) in [5, 5.41) is 0. The van der Waals surface area contributed by atoms with Crippen molar-refractivity contribution in [3.8, 4) is 0 Å². The van der Waals surface area contributed by atoms with Gasteiger partial charge < -0.3 is 11.5 Å². The van der Waals surface area contributed by atoms with Gasteiger partial charge in [-0.05, 0) is 120 Å². The van der Waals surface area contributed by atoms with Gasteiger partial charge in [0.1, 0.15) is 0 Å². The maximum absolute atomic E-state index is 5.97. The van der Waals surface area contributed by atoms with Gasteiger partial charge in [0.05, 0.1) is 0 Å². The molecule has 0 amide bonds. The Bertz CT molecular complexity index is 1280. The van der Waals surface area contributed by atoms with E-state index in [1.54, 1.807) is 0 Å². The van der Waals surface area contributed by atoms with Crippen LogP contribution in [0.15, 0.2) is 84.9 Å². The Hall–Kier alpha value is -3.52. The number of rotatable bonds is 19. The van der Waals surface area contributed by atoms with Crippen LogP contribution in [0.3, 0.4) is 0 Å². The number of anilines is 2. The van der Waals surface area contributed by atoms with Crippen LogP contribution >= 0.6 is 0 Å². The molecule has 2 heteroatoms. The molecule has 0 heterocycles. The fourth-order valence-electron chi connectivity index (χ4n) is 6.45. The highest BCUT2D eigenvalue weighted by atomic mass is 14.5. The number of benzene rings is 4. The number of nitrogens with two attached hydrogens (primary N) is 2. The third-order valence-electron chi connectivity index (χ3n) is 9.24. The van der Waals surface area contributed by atoms with E-state index in [2.05, 4.69) is 86.6 Å². The number of hydrogen-bond donors (Lipinski definition) is 2. The first-order chi connectivity index (χ1) is 21.5. The van der Waals surface area contributed by atoms with Gasteiger partial charge in [0.25, 0.3) is 0 Å². The number of nitrogen functional groups attached to an aromatic ring is 2. The maximum Gasteiger partial charge on any atom is 0.0316 e. The number of hydrogen-bond acceptors (Lipinski definition) is 2. The zero-order valence-corrected chi connectivity index (χ0v) is 27.6. The third kappa shape index (κ3) is 11.2. The van der Waals surface area contributed by atoms with E-state index in [1.165, 1.54) is 122 Å². The molecule has 4 aromatic rings. The lowest BCUT2D eigenvalue weighted by atomic mass is 9.96. The van der Waals surface area contributed by atoms with Crippen molar-refractivity contribution in [2.45, 2.75) is 117 Å². The summed E-state index contributed by atoms with van der Waals surface area (Å²) in [4.78, 5) is 0. The van der Waals surface area contributed by atoms with Gasteiger partial charge >= 0.3 is 0 Å². The van der Waals surface area contributed by atoms with Crippen LogP contribution in [0.25, 0.3) is 0 Å². The van der Waals surface area contributed by atoms with Crippen LogP contribution in [-0.4, -0.2) is 0 Å². The Kier molecular flexibility index (Phi) is 13.9.